The van der Waals surface area contributed by atoms with Gasteiger partial charge in [-0.15, -0.1) is 0 Å². The highest BCUT2D eigenvalue weighted by Crippen LogP contribution is 2.33. The molecule has 2 amide bonds. The second kappa shape index (κ2) is 11.0. The number of anilines is 2. The van der Waals surface area contributed by atoms with Gasteiger partial charge in [-0.1, -0.05) is 30.8 Å². The number of rotatable bonds is 6. The van der Waals surface area contributed by atoms with Gasteiger partial charge in [0.05, 0.1) is 17.2 Å². The van der Waals surface area contributed by atoms with Crippen LogP contribution in [0.15, 0.2) is 79.0 Å². The molecular weight excluding hydrogens is 496 g/mol. The molecule has 196 valence electrons. The number of benzene rings is 3. The number of hydrogen-bond acceptors (Lipinski definition) is 3. The molecule has 0 saturated carbocycles. The van der Waals surface area contributed by atoms with Crippen molar-refractivity contribution < 1.29 is 22.4 Å². The molecule has 0 aliphatic carbocycles. The van der Waals surface area contributed by atoms with E-state index < -0.39 is 23.6 Å². The minimum Gasteiger partial charge on any atom is -0.371 e. The zero-order valence-corrected chi connectivity index (χ0v) is 20.7. The van der Waals surface area contributed by atoms with Crippen LogP contribution in [0.2, 0.25) is 0 Å². The first kappa shape index (κ1) is 26.7. The summed E-state index contributed by atoms with van der Waals surface area (Å²) in [5.74, 6) is -1.41. The number of nitrogens with zero attached hydrogens (tertiary/aromatic N) is 3. The van der Waals surface area contributed by atoms with Crippen LogP contribution in [0.1, 0.15) is 30.9 Å². The van der Waals surface area contributed by atoms with Gasteiger partial charge in [-0.3, -0.25) is 4.90 Å². The van der Waals surface area contributed by atoms with Crippen molar-refractivity contribution in [2.75, 3.05) is 23.3 Å². The van der Waals surface area contributed by atoms with Crippen molar-refractivity contribution in [2.45, 2.75) is 32.0 Å². The van der Waals surface area contributed by atoms with Crippen molar-refractivity contribution in [2.24, 2.45) is 0 Å². The fraction of sp³-hybridized carbons (Fsp3) is 0.241. The average Bonchev–Trinajstić information content (AvgIpc) is 3.22. The first-order valence-electron chi connectivity index (χ1n) is 12.1. The molecule has 0 spiro atoms. The van der Waals surface area contributed by atoms with Crippen molar-refractivity contribution in [3.8, 4) is 17.2 Å². The fourth-order valence-corrected chi connectivity index (χ4v) is 4.53. The van der Waals surface area contributed by atoms with Gasteiger partial charge in [-0.05, 0) is 73.4 Å². The van der Waals surface area contributed by atoms with Gasteiger partial charge in [0.2, 0.25) is 0 Å². The van der Waals surface area contributed by atoms with Crippen molar-refractivity contribution in [1.29, 1.82) is 5.26 Å². The quantitative estimate of drug-likeness (QED) is 0.343. The molecule has 0 radical (unpaired) electrons. The highest BCUT2D eigenvalue weighted by molar-refractivity contribution is 6.02. The number of urea groups is 1. The van der Waals surface area contributed by atoms with E-state index in [1.54, 1.807) is 30.3 Å². The topological polar surface area (TPSA) is 59.4 Å². The van der Waals surface area contributed by atoms with Crippen LogP contribution in [-0.2, 0) is 6.18 Å². The lowest BCUT2D eigenvalue weighted by molar-refractivity contribution is -0.139. The number of amides is 2. The van der Waals surface area contributed by atoms with Gasteiger partial charge >= 0.3 is 12.2 Å². The number of carbonyl (C=O) groups is 1. The molecule has 1 aliphatic rings. The van der Waals surface area contributed by atoms with E-state index in [1.807, 2.05) is 18.2 Å². The van der Waals surface area contributed by atoms with E-state index in [2.05, 4.69) is 29.8 Å². The lowest BCUT2D eigenvalue weighted by Crippen LogP contribution is -2.41. The molecule has 1 aliphatic heterocycles. The Kier molecular flexibility index (Phi) is 7.72. The summed E-state index contributed by atoms with van der Waals surface area (Å²) in [6, 6.07) is 18.3. The normalized spacial score (nSPS) is 15.3. The van der Waals surface area contributed by atoms with Crippen LogP contribution in [0, 0.1) is 17.1 Å². The lowest BCUT2D eigenvalue weighted by Gasteiger charge is -2.30. The SMILES string of the molecule is C=C1CCC(C)N1CCN(C(=O)Nc1ccc(F)c(C(F)(F)F)c1)c1ccc(-c2cccc(C#N)c2)cc1. The third-order valence-electron chi connectivity index (χ3n) is 6.63. The Morgan fingerprint density at radius 1 is 1.13 bits per heavy atom. The largest absolute Gasteiger partial charge is 0.419 e. The first-order valence-corrected chi connectivity index (χ1v) is 12.1. The molecule has 1 heterocycles. The van der Waals surface area contributed by atoms with E-state index in [-0.39, 0.29) is 18.3 Å². The fourth-order valence-electron chi connectivity index (χ4n) is 4.53. The van der Waals surface area contributed by atoms with Gasteiger partial charge in [-0.2, -0.15) is 18.4 Å². The van der Waals surface area contributed by atoms with Gasteiger partial charge in [0, 0.05) is 36.2 Å². The minimum atomic E-state index is -4.89. The van der Waals surface area contributed by atoms with Crippen LogP contribution in [0.3, 0.4) is 0 Å². The lowest BCUT2D eigenvalue weighted by atomic mass is 10.0. The highest BCUT2D eigenvalue weighted by Gasteiger charge is 2.34. The molecule has 0 aromatic heterocycles. The maximum atomic E-state index is 13.7. The van der Waals surface area contributed by atoms with E-state index in [9.17, 15) is 27.6 Å². The molecule has 3 aromatic rings. The van der Waals surface area contributed by atoms with E-state index in [4.69, 9.17) is 0 Å². The van der Waals surface area contributed by atoms with Crippen LogP contribution in [0.4, 0.5) is 33.7 Å². The smallest absolute Gasteiger partial charge is 0.371 e. The van der Waals surface area contributed by atoms with Gasteiger partial charge in [0.25, 0.3) is 0 Å². The van der Waals surface area contributed by atoms with Crippen LogP contribution in [0.25, 0.3) is 11.1 Å². The number of allylic oxidation sites excluding steroid dienone is 1. The monoisotopic (exact) mass is 522 g/mol. The molecule has 0 bridgehead atoms. The zero-order valence-electron chi connectivity index (χ0n) is 20.7. The Morgan fingerprint density at radius 2 is 1.87 bits per heavy atom. The number of carbonyl (C=O) groups excluding carboxylic acids is 1. The van der Waals surface area contributed by atoms with Crippen LogP contribution < -0.4 is 10.2 Å². The standard InChI is InChI=1S/C29H26F4N4O/c1-19-6-7-20(2)36(19)14-15-37(28(38)35-24-10-13-27(30)26(17-24)29(31,32)33)25-11-8-22(9-12-25)23-5-3-4-21(16-23)18-34/h3-5,8-13,16-17,20H,1,6-7,14-15H2,2H3,(H,35,38). The Morgan fingerprint density at radius 3 is 2.50 bits per heavy atom. The molecule has 38 heavy (non-hydrogen) atoms. The highest BCUT2D eigenvalue weighted by atomic mass is 19.4. The Balaban J connectivity index is 1.60. The second-order valence-corrected chi connectivity index (χ2v) is 9.16. The number of alkyl halides is 3. The summed E-state index contributed by atoms with van der Waals surface area (Å²) in [6.07, 6.45) is -3.08. The van der Waals surface area contributed by atoms with E-state index >= 15 is 0 Å². The molecule has 9 heteroatoms. The van der Waals surface area contributed by atoms with E-state index in [1.165, 1.54) is 4.90 Å². The van der Waals surface area contributed by atoms with Crippen LogP contribution >= 0.6 is 0 Å². The van der Waals surface area contributed by atoms with Crippen molar-refractivity contribution in [3.05, 3.63) is 96.0 Å². The van der Waals surface area contributed by atoms with Crippen LogP contribution in [-0.4, -0.2) is 30.1 Å². The predicted molar refractivity (Wildman–Crippen MR) is 139 cm³/mol. The molecule has 4 rings (SSSR count). The molecule has 1 unspecified atom stereocenters. The van der Waals surface area contributed by atoms with Crippen molar-refractivity contribution in [3.63, 3.8) is 0 Å². The Bertz CT molecular complexity index is 1380. The zero-order chi connectivity index (χ0) is 27.4. The summed E-state index contributed by atoms with van der Waals surface area (Å²) in [7, 11) is 0. The number of nitrogens with one attached hydrogen (secondary N) is 1. The number of likely N-dealkylation sites (tertiary alicyclic amines) is 1. The van der Waals surface area contributed by atoms with E-state index in [0.717, 1.165) is 35.7 Å². The molecule has 1 N–H and O–H groups in total. The maximum Gasteiger partial charge on any atom is 0.419 e. The van der Waals surface area contributed by atoms with Gasteiger partial charge in [0.1, 0.15) is 5.82 Å². The van der Waals surface area contributed by atoms with Gasteiger partial charge in [0.15, 0.2) is 0 Å². The summed E-state index contributed by atoms with van der Waals surface area (Å²) in [6.45, 7) is 6.89. The minimum absolute atomic E-state index is 0.169. The van der Waals surface area contributed by atoms with Gasteiger partial charge in [-0.25, -0.2) is 9.18 Å². The van der Waals surface area contributed by atoms with Crippen LogP contribution in [0.5, 0.6) is 0 Å². The third-order valence-corrected chi connectivity index (χ3v) is 6.63. The summed E-state index contributed by atoms with van der Waals surface area (Å²) in [5, 5.41) is 11.7. The van der Waals surface area contributed by atoms with Crippen molar-refractivity contribution in [1.82, 2.24) is 4.90 Å². The maximum absolute atomic E-state index is 13.7. The molecule has 1 fully saturated rings. The number of nitriles is 1. The molecule has 1 saturated heterocycles. The van der Waals surface area contributed by atoms with Gasteiger partial charge < -0.3 is 10.2 Å². The summed E-state index contributed by atoms with van der Waals surface area (Å²) < 4.78 is 53.3. The second-order valence-electron chi connectivity index (χ2n) is 9.16. The van der Waals surface area contributed by atoms with E-state index in [0.29, 0.717) is 29.9 Å². The van der Waals surface area contributed by atoms with Crippen molar-refractivity contribution >= 4 is 17.4 Å². The molecule has 5 nitrogen and oxygen atoms in total. The molecular formula is C29H26F4N4O. The molecule has 1 atom stereocenters. The number of hydrogen-bond donors (Lipinski definition) is 1. The average molecular weight is 523 g/mol. The summed E-state index contributed by atoms with van der Waals surface area (Å²) in [5.41, 5.74) is 2.06. The third kappa shape index (κ3) is 5.97. The summed E-state index contributed by atoms with van der Waals surface area (Å²) >= 11 is 0. The Hall–Kier alpha value is -4.32. The first-order chi connectivity index (χ1) is 18.1. The molecule has 3 aromatic carbocycles. The Labute approximate surface area is 218 Å². The predicted octanol–water partition coefficient (Wildman–Crippen LogP) is 7.42. The summed E-state index contributed by atoms with van der Waals surface area (Å²) in [4.78, 5) is 16.9. The number of halogens is 4.